The first-order valence-electron chi connectivity index (χ1n) is 5.40. The van der Waals surface area contributed by atoms with Crippen LogP contribution < -0.4 is 5.73 Å². The van der Waals surface area contributed by atoms with Crippen LogP contribution in [0.15, 0.2) is 42.5 Å². The Labute approximate surface area is 95.9 Å². The molecule has 0 radical (unpaired) electrons. The maximum absolute atomic E-state index is 10.2. The van der Waals surface area contributed by atoms with E-state index in [1.54, 1.807) is 0 Å². The number of carbonyl (C=O) groups excluding carboxylic acids is 1. The van der Waals surface area contributed by atoms with E-state index in [1.807, 2.05) is 24.3 Å². The summed E-state index contributed by atoms with van der Waals surface area (Å²) in [7, 11) is 0. The van der Waals surface area contributed by atoms with Gasteiger partial charge >= 0.3 is 6.09 Å². The summed E-state index contributed by atoms with van der Waals surface area (Å²) in [5, 5.41) is 0. The quantitative estimate of drug-likeness (QED) is 0.590. The van der Waals surface area contributed by atoms with E-state index < -0.39 is 6.09 Å². The maximum atomic E-state index is 10.2. The Balaban J connectivity index is 2.07. The Morgan fingerprint density at radius 1 is 1.19 bits per heavy atom. The van der Waals surface area contributed by atoms with Gasteiger partial charge in [-0.1, -0.05) is 42.5 Å². The molecular weight excluding hydrogens is 202 g/mol. The van der Waals surface area contributed by atoms with E-state index in [-0.39, 0.29) is 0 Å². The SMILES string of the molecule is NC(=O)OCC/C=C/CCc1ccccc1. The first-order chi connectivity index (χ1) is 7.79. The van der Waals surface area contributed by atoms with Gasteiger partial charge in [-0.25, -0.2) is 4.79 Å². The molecule has 0 atom stereocenters. The van der Waals surface area contributed by atoms with Gasteiger partial charge in [0.25, 0.3) is 0 Å². The average molecular weight is 219 g/mol. The number of hydrogen-bond acceptors (Lipinski definition) is 2. The summed E-state index contributed by atoms with van der Waals surface area (Å²) in [6.45, 7) is 0.358. The molecule has 3 heteroatoms. The van der Waals surface area contributed by atoms with E-state index >= 15 is 0 Å². The van der Waals surface area contributed by atoms with Crippen molar-refractivity contribution >= 4 is 6.09 Å². The number of hydrogen-bond donors (Lipinski definition) is 1. The fraction of sp³-hybridized carbons (Fsp3) is 0.308. The molecule has 0 aromatic heterocycles. The van der Waals surface area contributed by atoms with Gasteiger partial charge in [0.05, 0.1) is 6.61 Å². The molecule has 16 heavy (non-hydrogen) atoms. The van der Waals surface area contributed by atoms with Gasteiger partial charge in [0, 0.05) is 0 Å². The van der Waals surface area contributed by atoms with Crippen molar-refractivity contribution < 1.29 is 9.53 Å². The average Bonchev–Trinajstić information content (AvgIpc) is 2.29. The van der Waals surface area contributed by atoms with Crippen molar-refractivity contribution in [1.29, 1.82) is 0 Å². The standard InChI is InChI=1S/C13H17NO2/c14-13(15)16-11-7-2-1-4-8-12-9-5-3-6-10-12/h1-3,5-6,9-10H,4,7-8,11H2,(H2,14,15)/b2-1+. The third-order valence-corrected chi connectivity index (χ3v) is 2.14. The Bertz CT molecular complexity index is 333. The monoisotopic (exact) mass is 219 g/mol. The lowest BCUT2D eigenvalue weighted by molar-refractivity contribution is 0.159. The zero-order valence-corrected chi connectivity index (χ0v) is 9.26. The minimum atomic E-state index is -0.710. The molecular formula is C13H17NO2. The Morgan fingerprint density at radius 2 is 1.88 bits per heavy atom. The van der Waals surface area contributed by atoms with Gasteiger partial charge in [-0.2, -0.15) is 0 Å². The summed E-state index contributed by atoms with van der Waals surface area (Å²) < 4.78 is 4.59. The van der Waals surface area contributed by atoms with Crippen molar-refractivity contribution in [3.8, 4) is 0 Å². The summed E-state index contributed by atoms with van der Waals surface area (Å²) in [6, 6.07) is 10.3. The molecule has 1 aromatic rings. The van der Waals surface area contributed by atoms with Crippen LogP contribution in [0.1, 0.15) is 18.4 Å². The van der Waals surface area contributed by atoms with Crippen LogP contribution in [-0.4, -0.2) is 12.7 Å². The summed E-state index contributed by atoms with van der Waals surface area (Å²) >= 11 is 0. The van der Waals surface area contributed by atoms with Gasteiger partial charge in [-0.15, -0.1) is 0 Å². The van der Waals surface area contributed by atoms with Crippen LogP contribution in [0.25, 0.3) is 0 Å². The maximum Gasteiger partial charge on any atom is 0.404 e. The summed E-state index contributed by atoms with van der Waals surface area (Å²) in [5.41, 5.74) is 6.16. The third kappa shape index (κ3) is 5.86. The molecule has 0 saturated carbocycles. The van der Waals surface area contributed by atoms with Crippen LogP contribution in [0.5, 0.6) is 0 Å². The van der Waals surface area contributed by atoms with Crippen LogP contribution >= 0.6 is 0 Å². The molecule has 2 N–H and O–H groups in total. The number of rotatable bonds is 6. The highest BCUT2D eigenvalue weighted by molar-refractivity contribution is 5.64. The van der Waals surface area contributed by atoms with Gasteiger partial charge < -0.3 is 10.5 Å². The molecule has 0 heterocycles. The fourth-order valence-corrected chi connectivity index (χ4v) is 1.36. The number of benzene rings is 1. The number of ether oxygens (including phenoxy) is 1. The molecule has 0 saturated heterocycles. The topological polar surface area (TPSA) is 52.3 Å². The number of primary amides is 1. The predicted molar refractivity (Wildman–Crippen MR) is 64.1 cm³/mol. The van der Waals surface area contributed by atoms with Gasteiger partial charge in [0.1, 0.15) is 0 Å². The van der Waals surface area contributed by atoms with Crippen LogP contribution in [0, 0.1) is 0 Å². The summed E-state index contributed by atoms with van der Waals surface area (Å²) in [6.07, 6.45) is 6.15. The molecule has 0 aliphatic heterocycles. The van der Waals surface area contributed by atoms with Gasteiger partial charge in [-0.3, -0.25) is 0 Å². The zero-order chi connectivity index (χ0) is 11.6. The van der Waals surface area contributed by atoms with Crippen LogP contribution in [-0.2, 0) is 11.2 Å². The predicted octanol–water partition coefficient (Wildman–Crippen LogP) is 2.66. The highest BCUT2D eigenvalue weighted by atomic mass is 16.5. The van der Waals surface area contributed by atoms with Crippen molar-refractivity contribution in [3.05, 3.63) is 48.0 Å². The van der Waals surface area contributed by atoms with E-state index in [0.29, 0.717) is 6.61 Å². The Morgan fingerprint density at radius 3 is 2.56 bits per heavy atom. The van der Waals surface area contributed by atoms with Gasteiger partial charge in [-0.05, 0) is 24.8 Å². The molecule has 1 rings (SSSR count). The second kappa shape index (κ2) is 7.51. The molecule has 1 aromatic carbocycles. The highest BCUT2D eigenvalue weighted by Crippen LogP contribution is 2.02. The lowest BCUT2D eigenvalue weighted by Crippen LogP contribution is -2.13. The largest absolute Gasteiger partial charge is 0.449 e. The first-order valence-corrected chi connectivity index (χ1v) is 5.40. The smallest absolute Gasteiger partial charge is 0.404 e. The molecule has 0 unspecified atom stereocenters. The third-order valence-electron chi connectivity index (χ3n) is 2.14. The first kappa shape index (κ1) is 12.3. The summed E-state index contributed by atoms with van der Waals surface area (Å²) in [5.74, 6) is 0. The molecule has 0 aliphatic rings. The molecule has 3 nitrogen and oxygen atoms in total. The van der Waals surface area contributed by atoms with Gasteiger partial charge in [0.2, 0.25) is 0 Å². The van der Waals surface area contributed by atoms with E-state index in [1.165, 1.54) is 5.56 Å². The number of amides is 1. The molecule has 0 spiro atoms. The lowest BCUT2D eigenvalue weighted by Gasteiger charge is -1.97. The second-order valence-corrected chi connectivity index (χ2v) is 3.45. The molecule has 0 bridgehead atoms. The van der Waals surface area contributed by atoms with Crippen molar-refractivity contribution in [2.24, 2.45) is 5.73 Å². The molecule has 0 fully saturated rings. The van der Waals surface area contributed by atoms with Crippen LogP contribution in [0.2, 0.25) is 0 Å². The highest BCUT2D eigenvalue weighted by Gasteiger charge is 1.90. The van der Waals surface area contributed by atoms with E-state index in [2.05, 4.69) is 22.9 Å². The lowest BCUT2D eigenvalue weighted by atomic mass is 10.1. The minimum absolute atomic E-state index is 0.358. The van der Waals surface area contributed by atoms with Crippen molar-refractivity contribution in [2.45, 2.75) is 19.3 Å². The van der Waals surface area contributed by atoms with E-state index in [4.69, 9.17) is 5.73 Å². The molecule has 86 valence electrons. The Hall–Kier alpha value is -1.77. The zero-order valence-electron chi connectivity index (χ0n) is 9.26. The van der Waals surface area contributed by atoms with Crippen molar-refractivity contribution in [2.75, 3.05) is 6.61 Å². The number of carbonyl (C=O) groups is 1. The Kier molecular flexibility index (Phi) is 5.78. The summed E-state index contributed by atoms with van der Waals surface area (Å²) in [4.78, 5) is 10.2. The van der Waals surface area contributed by atoms with E-state index in [0.717, 1.165) is 19.3 Å². The van der Waals surface area contributed by atoms with Crippen LogP contribution in [0.3, 0.4) is 0 Å². The van der Waals surface area contributed by atoms with Crippen molar-refractivity contribution in [3.63, 3.8) is 0 Å². The minimum Gasteiger partial charge on any atom is -0.449 e. The normalized spacial score (nSPS) is 10.5. The van der Waals surface area contributed by atoms with Gasteiger partial charge in [0.15, 0.2) is 0 Å². The van der Waals surface area contributed by atoms with E-state index in [9.17, 15) is 4.79 Å². The number of allylic oxidation sites excluding steroid dienone is 1. The number of nitrogens with two attached hydrogens (primary N) is 1. The van der Waals surface area contributed by atoms with Crippen molar-refractivity contribution in [1.82, 2.24) is 0 Å². The molecule has 0 aliphatic carbocycles. The second-order valence-electron chi connectivity index (χ2n) is 3.45. The number of aryl methyl sites for hydroxylation is 1. The van der Waals surface area contributed by atoms with Crippen LogP contribution in [0.4, 0.5) is 4.79 Å². The molecule has 1 amide bonds. The fourth-order valence-electron chi connectivity index (χ4n) is 1.36.